The summed E-state index contributed by atoms with van der Waals surface area (Å²) in [6, 6.07) is 15.1. The molecule has 0 amide bonds. The van der Waals surface area contributed by atoms with Crippen LogP contribution in [0.3, 0.4) is 0 Å². The maximum Gasteiger partial charge on any atom is 0.343 e. The molecule has 1 saturated carbocycles. The van der Waals surface area contributed by atoms with Crippen molar-refractivity contribution in [1.29, 1.82) is 0 Å². The van der Waals surface area contributed by atoms with Crippen molar-refractivity contribution in [3.05, 3.63) is 59.7 Å². The molecule has 3 rings (SSSR count). The van der Waals surface area contributed by atoms with Gasteiger partial charge in [-0.05, 0) is 73.1 Å². The highest BCUT2D eigenvalue weighted by Gasteiger charge is 2.24. The van der Waals surface area contributed by atoms with Crippen LogP contribution in [0, 0.1) is 11.8 Å². The SMILES string of the molecule is CCCCCCCC1CCCCC1CCCOc1ccc(C(=O)Oc2ccc(CCC)cc2)cc1. The Morgan fingerprint density at radius 3 is 2.03 bits per heavy atom. The molecule has 0 aromatic heterocycles. The minimum Gasteiger partial charge on any atom is -0.494 e. The Morgan fingerprint density at radius 1 is 0.743 bits per heavy atom. The van der Waals surface area contributed by atoms with Gasteiger partial charge in [-0.25, -0.2) is 4.79 Å². The van der Waals surface area contributed by atoms with E-state index in [1.165, 1.54) is 76.2 Å². The van der Waals surface area contributed by atoms with Gasteiger partial charge >= 0.3 is 5.97 Å². The molecule has 2 atom stereocenters. The van der Waals surface area contributed by atoms with Crippen molar-refractivity contribution in [2.45, 2.75) is 104 Å². The quantitative estimate of drug-likeness (QED) is 0.145. The average Bonchev–Trinajstić information content (AvgIpc) is 2.89. The highest BCUT2D eigenvalue weighted by molar-refractivity contribution is 5.91. The van der Waals surface area contributed by atoms with E-state index in [1.54, 1.807) is 12.1 Å². The van der Waals surface area contributed by atoms with Crippen LogP contribution in [0.4, 0.5) is 0 Å². The summed E-state index contributed by atoms with van der Waals surface area (Å²) in [5, 5.41) is 0. The van der Waals surface area contributed by atoms with Crippen LogP contribution in [0.2, 0.25) is 0 Å². The second kappa shape index (κ2) is 15.7. The molecular formula is C32H46O3. The van der Waals surface area contributed by atoms with Crippen molar-refractivity contribution in [2.24, 2.45) is 11.8 Å². The van der Waals surface area contributed by atoms with Gasteiger partial charge in [-0.3, -0.25) is 0 Å². The van der Waals surface area contributed by atoms with Gasteiger partial charge < -0.3 is 9.47 Å². The minimum absolute atomic E-state index is 0.335. The molecule has 1 aliphatic carbocycles. The second-order valence-corrected chi connectivity index (χ2v) is 10.3. The molecule has 35 heavy (non-hydrogen) atoms. The number of esters is 1. The number of ether oxygens (including phenoxy) is 2. The largest absolute Gasteiger partial charge is 0.494 e. The molecule has 2 unspecified atom stereocenters. The fraction of sp³-hybridized carbons (Fsp3) is 0.594. The molecule has 192 valence electrons. The normalized spacial score (nSPS) is 17.8. The first kappa shape index (κ1) is 27.3. The monoisotopic (exact) mass is 478 g/mol. The summed E-state index contributed by atoms with van der Waals surface area (Å²) < 4.78 is 11.5. The molecular weight excluding hydrogens is 432 g/mol. The Morgan fingerprint density at radius 2 is 1.37 bits per heavy atom. The number of aryl methyl sites for hydroxylation is 1. The molecule has 2 aromatic rings. The molecule has 3 heteroatoms. The van der Waals surface area contributed by atoms with Crippen molar-refractivity contribution in [3.63, 3.8) is 0 Å². The summed E-state index contributed by atoms with van der Waals surface area (Å²) in [7, 11) is 0. The van der Waals surface area contributed by atoms with Crippen LogP contribution in [-0.4, -0.2) is 12.6 Å². The lowest BCUT2D eigenvalue weighted by Gasteiger charge is -2.31. The number of carbonyl (C=O) groups excluding carboxylic acids is 1. The minimum atomic E-state index is -0.335. The predicted octanol–water partition coefficient (Wildman–Crippen LogP) is 9.18. The number of benzene rings is 2. The van der Waals surface area contributed by atoms with Gasteiger partial charge in [0.05, 0.1) is 12.2 Å². The van der Waals surface area contributed by atoms with Crippen LogP contribution in [0.25, 0.3) is 0 Å². The van der Waals surface area contributed by atoms with Gasteiger partial charge in [-0.1, -0.05) is 96.6 Å². The van der Waals surface area contributed by atoms with E-state index < -0.39 is 0 Å². The van der Waals surface area contributed by atoms with E-state index >= 15 is 0 Å². The molecule has 0 spiro atoms. The van der Waals surface area contributed by atoms with E-state index in [2.05, 4.69) is 13.8 Å². The smallest absolute Gasteiger partial charge is 0.343 e. The Labute approximate surface area is 213 Å². The number of carbonyl (C=O) groups is 1. The van der Waals surface area contributed by atoms with Crippen LogP contribution >= 0.6 is 0 Å². The van der Waals surface area contributed by atoms with Gasteiger partial charge in [0.15, 0.2) is 0 Å². The molecule has 1 fully saturated rings. The predicted molar refractivity (Wildman–Crippen MR) is 145 cm³/mol. The molecule has 3 nitrogen and oxygen atoms in total. The molecule has 0 bridgehead atoms. The van der Waals surface area contributed by atoms with E-state index in [9.17, 15) is 4.79 Å². The fourth-order valence-corrected chi connectivity index (χ4v) is 5.46. The first-order valence-electron chi connectivity index (χ1n) is 14.2. The van der Waals surface area contributed by atoms with E-state index in [1.807, 2.05) is 36.4 Å². The maximum absolute atomic E-state index is 12.5. The number of rotatable bonds is 15. The molecule has 0 radical (unpaired) electrons. The van der Waals surface area contributed by atoms with Gasteiger partial charge in [0.25, 0.3) is 0 Å². The highest BCUT2D eigenvalue weighted by atomic mass is 16.5. The highest BCUT2D eigenvalue weighted by Crippen LogP contribution is 2.36. The third-order valence-electron chi connectivity index (χ3n) is 7.50. The Balaban J connectivity index is 1.36. The summed E-state index contributed by atoms with van der Waals surface area (Å²) >= 11 is 0. The molecule has 0 aliphatic heterocycles. The van der Waals surface area contributed by atoms with Crippen molar-refractivity contribution >= 4 is 5.97 Å². The standard InChI is InChI=1S/C32H46O3/c1-3-5-6-7-8-13-27-14-9-10-15-28(27)16-11-25-34-30-23-19-29(20-24-30)32(33)35-31-21-17-26(12-4-2)18-22-31/h17-24,27-28H,3-16,25H2,1-2H3. The lowest BCUT2D eigenvalue weighted by Crippen LogP contribution is -2.20. The van der Waals surface area contributed by atoms with Crippen LogP contribution in [-0.2, 0) is 6.42 Å². The summed E-state index contributed by atoms with van der Waals surface area (Å²) in [5.74, 6) is 2.88. The van der Waals surface area contributed by atoms with Crippen LogP contribution < -0.4 is 9.47 Å². The Kier molecular flexibility index (Phi) is 12.2. The van der Waals surface area contributed by atoms with Crippen LogP contribution in [0.5, 0.6) is 11.5 Å². The zero-order valence-electron chi connectivity index (χ0n) is 22.1. The fourth-order valence-electron chi connectivity index (χ4n) is 5.46. The first-order valence-corrected chi connectivity index (χ1v) is 14.2. The van der Waals surface area contributed by atoms with Crippen molar-refractivity contribution in [3.8, 4) is 11.5 Å². The summed E-state index contributed by atoms with van der Waals surface area (Å²) in [4.78, 5) is 12.5. The van der Waals surface area contributed by atoms with E-state index in [0.717, 1.165) is 43.5 Å². The van der Waals surface area contributed by atoms with E-state index in [4.69, 9.17) is 9.47 Å². The van der Waals surface area contributed by atoms with Gasteiger partial charge in [0, 0.05) is 0 Å². The lowest BCUT2D eigenvalue weighted by molar-refractivity contribution is 0.0734. The molecule has 1 aliphatic rings. The third kappa shape index (κ3) is 9.70. The van der Waals surface area contributed by atoms with Crippen molar-refractivity contribution in [2.75, 3.05) is 6.61 Å². The number of unbranched alkanes of at least 4 members (excludes halogenated alkanes) is 4. The van der Waals surface area contributed by atoms with E-state index in [-0.39, 0.29) is 5.97 Å². The topological polar surface area (TPSA) is 35.5 Å². The zero-order chi connectivity index (χ0) is 24.7. The lowest BCUT2D eigenvalue weighted by atomic mass is 9.74. The second-order valence-electron chi connectivity index (χ2n) is 10.3. The van der Waals surface area contributed by atoms with Gasteiger partial charge in [-0.2, -0.15) is 0 Å². The van der Waals surface area contributed by atoms with Crippen molar-refractivity contribution in [1.82, 2.24) is 0 Å². The zero-order valence-corrected chi connectivity index (χ0v) is 22.1. The summed E-state index contributed by atoms with van der Waals surface area (Å²) in [5.41, 5.74) is 1.80. The van der Waals surface area contributed by atoms with Gasteiger partial charge in [0.1, 0.15) is 11.5 Å². The van der Waals surface area contributed by atoms with Crippen LogP contribution in [0.15, 0.2) is 48.5 Å². The van der Waals surface area contributed by atoms with Gasteiger partial charge in [-0.15, -0.1) is 0 Å². The summed E-state index contributed by atoms with van der Waals surface area (Å²) in [6.07, 6.45) is 18.6. The first-order chi connectivity index (χ1) is 17.2. The van der Waals surface area contributed by atoms with Gasteiger partial charge in [0.2, 0.25) is 0 Å². The van der Waals surface area contributed by atoms with E-state index in [0.29, 0.717) is 11.3 Å². The molecule has 2 aromatic carbocycles. The van der Waals surface area contributed by atoms with Crippen LogP contribution in [0.1, 0.15) is 113 Å². The van der Waals surface area contributed by atoms with Crippen molar-refractivity contribution < 1.29 is 14.3 Å². The molecule has 0 N–H and O–H groups in total. The third-order valence-corrected chi connectivity index (χ3v) is 7.50. The summed E-state index contributed by atoms with van der Waals surface area (Å²) in [6.45, 7) is 5.19. The molecule has 0 heterocycles. The average molecular weight is 479 g/mol. The number of hydrogen-bond donors (Lipinski definition) is 0. The Bertz CT molecular complexity index is 840. The molecule has 0 saturated heterocycles. The number of hydrogen-bond acceptors (Lipinski definition) is 3. The Hall–Kier alpha value is -2.29. The maximum atomic E-state index is 12.5.